The van der Waals surface area contributed by atoms with Crippen molar-refractivity contribution in [2.75, 3.05) is 19.8 Å². The molecule has 0 atom stereocenters. The molecule has 0 N–H and O–H groups in total. The predicted octanol–water partition coefficient (Wildman–Crippen LogP) is 2.21. The van der Waals surface area contributed by atoms with Crippen molar-refractivity contribution in [1.29, 1.82) is 0 Å². The van der Waals surface area contributed by atoms with Gasteiger partial charge in [0.2, 0.25) is 5.79 Å². The number of hydrogen-bond donors (Lipinski definition) is 0. The first-order valence-electron chi connectivity index (χ1n) is 6.77. The van der Waals surface area contributed by atoms with Gasteiger partial charge in [-0.1, -0.05) is 0 Å². The lowest BCUT2D eigenvalue weighted by Gasteiger charge is -2.27. The maximum Gasteiger partial charge on any atom is 0.341 e. The second-order valence-electron chi connectivity index (χ2n) is 4.22. The number of carbonyl (C=O) groups is 1. The molecule has 1 heterocycles. The van der Waals surface area contributed by atoms with Crippen LogP contribution < -0.4 is 0 Å². The highest BCUT2D eigenvalue weighted by Crippen LogP contribution is 2.24. The largest absolute Gasteiger partial charge is 0.462 e. The van der Waals surface area contributed by atoms with Gasteiger partial charge in [0.05, 0.1) is 17.9 Å². The fourth-order valence-electron chi connectivity index (χ4n) is 1.82. The number of carbonyl (C=O) groups excluding carboxylic acids is 1. The molecule has 0 aromatic carbocycles. The van der Waals surface area contributed by atoms with E-state index in [1.807, 2.05) is 13.8 Å². The third-order valence-corrected chi connectivity index (χ3v) is 2.72. The normalized spacial score (nSPS) is 11.4. The summed E-state index contributed by atoms with van der Waals surface area (Å²) in [5.74, 6) is -1.04. The molecular formula is C14H22N2O4. The minimum atomic E-state index is -1.01. The van der Waals surface area contributed by atoms with Crippen LogP contribution in [-0.2, 0) is 20.0 Å². The highest BCUT2D eigenvalue weighted by atomic mass is 16.7. The maximum absolute atomic E-state index is 11.7. The quantitative estimate of drug-likeness (QED) is 0.564. The van der Waals surface area contributed by atoms with E-state index in [4.69, 9.17) is 14.2 Å². The Morgan fingerprint density at radius 2 is 1.80 bits per heavy atom. The fraction of sp³-hybridized carbons (Fsp3) is 0.643. The lowest BCUT2D eigenvalue weighted by molar-refractivity contribution is -0.234. The summed E-state index contributed by atoms with van der Waals surface area (Å²) in [4.78, 5) is 20.2. The molecule has 0 saturated carbocycles. The maximum atomic E-state index is 11.7. The number of aryl methyl sites for hydroxylation is 1. The molecule has 1 aromatic rings. The molecule has 1 aromatic heterocycles. The van der Waals surface area contributed by atoms with Gasteiger partial charge in [0.15, 0.2) is 5.82 Å². The van der Waals surface area contributed by atoms with Gasteiger partial charge in [-0.3, -0.25) is 0 Å². The van der Waals surface area contributed by atoms with Crippen LogP contribution in [0.4, 0.5) is 0 Å². The molecule has 0 radical (unpaired) electrons. The first-order valence-corrected chi connectivity index (χ1v) is 6.77. The second-order valence-corrected chi connectivity index (χ2v) is 4.22. The molecule has 0 unspecified atom stereocenters. The molecule has 0 fully saturated rings. The number of aromatic nitrogens is 2. The molecule has 6 nitrogen and oxygen atoms in total. The zero-order valence-corrected chi connectivity index (χ0v) is 12.7. The third-order valence-electron chi connectivity index (χ3n) is 2.72. The Bertz CT molecular complexity index is 456. The summed E-state index contributed by atoms with van der Waals surface area (Å²) in [6.07, 6.45) is 1.45. The van der Waals surface area contributed by atoms with E-state index in [1.54, 1.807) is 20.8 Å². The molecule has 0 bridgehead atoms. The molecule has 0 aliphatic rings. The Hall–Kier alpha value is -1.53. The molecule has 0 aliphatic heterocycles. The Labute approximate surface area is 119 Å². The molecule has 0 saturated heterocycles. The van der Waals surface area contributed by atoms with Crippen molar-refractivity contribution >= 4 is 5.97 Å². The Balaban J connectivity index is 3.09. The Kier molecular flexibility index (Phi) is 6.04. The first kappa shape index (κ1) is 16.5. The van der Waals surface area contributed by atoms with Gasteiger partial charge in [-0.05, 0) is 34.6 Å². The van der Waals surface area contributed by atoms with Crippen molar-refractivity contribution in [3.63, 3.8) is 0 Å². The summed E-state index contributed by atoms with van der Waals surface area (Å²) in [5.41, 5.74) is 0.894. The van der Waals surface area contributed by atoms with Crippen LogP contribution in [0.25, 0.3) is 0 Å². The zero-order chi connectivity index (χ0) is 15.2. The topological polar surface area (TPSA) is 70.5 Å². The summed E-state index contributed by atoms with van der Waals surface area (Å²) in [5, 5.41) is 0. The van der Waals surface area contributed by atoms with Crippen molar-refractivity contribution in [3.8, 4) is 0 Å². The van der Waals surface area contributed by atoms with Crippen LogP contribution in [0.15, 0.2) is 6.20 Å². The summed E-state index contributed by atoms with van der Waals surface area (Å²) >= 11 is 0. The predicted molar refractivity (Wildman–Crippen MR) is 73.3 cm³/mol. The summed E-state index contributed by atoms with van der Waals surface area (Å²) in [6, 6.07) is 0. The van der Waals surface area contributed by atoms with Crippen molar-refractivity contribution in [2.24, 2.45) is 0 Å². The highest BCUT2D eigenvalue weighted by molar-refractivity contribution is 5.90. The van der Waals surface area contributed by atoms with Crippen molar-refractivity contribution in [2.45, 2.75) is 40.4 Å². The fourth-order valence-corrected chi connectivity index (χ4v) is 1.82. The van der Waals surface area contributed by atoms with E-state index < -0.39 is 11.8 Å². The molecule has 0 spiro atoms. The lowest BCUT2D eigenvalue weighted by Crippen LogP contribution is -2.32. The van der Waals surface area contributed by atoms with E-state index in [1.165, 1.54) is 6.20 Å². The summed E-state index contributed by atoms with van der Waals surface area (Å²) < 4.78 is 16.1. The highest BCUT2D eigenvalue weighted by Gasteiger charge is 2.32. The van der Waals surface area contributed by atoms with Crippen LogP contribution in [0.5, 0.6) is 0 Å². The number of nitrogens with zero attached hydrogens (tertiary/aromatic N) is 2. The number of rotatable bonds is 7. The van der Waals surface area contributed by atoms with Crippen LogP contribution >= 0.6 is 0 Å². The Morgan fingerprint density at radius 3 is 2.25 bits per heavy atom. The van der Waals surface area contributed by atoms with Crippen molar-refractivity contribution < 1.29 is 19.0 Å². The van der Waals surface area contributed by atoms with Gasteiger partial charge in [0.1, 0.15) is 0 Å². The van der Waals surface area contributed by atoms with Gasteiger partial charge in [0, 0.05) is 19.4 Å². The average Bonchev–Trinajstić information content (AvgIpc) is 2.39. The van der Waals surface area contributed by atoms with Gasteiger partial charge in [-0.25, -0.2) is 14.8 Å². The second kappa shape index (κ2) is 7.31. The Morgan fingerprint density at radius 1 is 1.20 bits per heavy atom. The number of hydrogen-bond acceptors (Lipinski definition) is 6. The van der Waals surface area contributed by atoms with Crippen LogP contribution in [-0.4, -0.2) is 35.8 Å². The third kappa shape index (κ3) is 3.74. The number of esters is 1. The minimum Gasteiger partial charge on any atom is -0.462 e. The van der Waals surface area contributed by atoms with E-state index in [9.17, 15) is 4.79 Å². The zero-order valence-electron chi connectivity index (χ0n) is 12.7. The number of ether oxygens (including phenoxy) is 3. The lowest BCUT2D eigenvalue weighted by atomic mass is 10.2. The molecular weight excluding hydrogens is 260 g/mol. The smallest absolute Gasteiger partial charge is 0.341 e. The SMILES string of the molecule is CCOC(=O)c1cnc(C(C)(OCC)OCC)nc1C. The summed E-state index contributed by atoms with van der Waals surface area (Å²) in [7, 11) is 0. The summed E-state index contributed by atoms with van der Waals surface area (Å²) in [6.45, 7) is 10.2. The van der Waals surface area contributed by atoms with Crippen molar-refractivity contribution in [1.82, 2.24) is 9.97 Å². The van der Waals surface area contributed by atoms with Crippen LogP contribution in [0, 0.1) is 6.92 Å². The van der Waals surface area contributed by atoms with E-state index in [0.29, 0.717) is 36.9 Å². The monoisotopic (exact) mass is 282 g/mol. The van der Waals surface area contributed by atoms with E-state index in [0.717, 1.165) is 0 Å². The van der Waals surface area contributed by atoms with Gasteiger partial charge >= 0.3 is 5.97 Å². The molecule has 112 valence electrons. The van der Waals surface area contributed by atoms with E-state index in [2.05, 4.69) is 9.97 Å². The van der Waals surface area contributed by atoms with Gasteiger partial charge < -0.3 is 14.2 Å². The molecule has 0 aliphatic carbocycles. The van der Waals surface area contributed by atoms with Crippen LogP contribution in [0.3, 0.4) is 0 Å². The van der Waals surface area contributed by atoms with Gasteiger partial charge in [-0.15, -0.1) is 0 Å². The molecule has 0 amide bonds. The average molecular weight is 282 g/mol. The van der Waals surface area contributed by atoms with Crippen molar-refractivity contribution in [3.05, 3.63) is 23.3 Å². The molecule has 20 heavy (non-hydrogen) atoms. The molecule has 1 rings (SSSR count). The molecule has 6 heteroatoms. The van der Waals surface area contributed by atoms with Gasteiger partial charge in [0.25, 0.3) is 0 Å². The van der Waals surface area contributed by atoms with Crippen LogP contribution in [0.1, 0.15) is 49.6 Å². The standard InChI is InChI=1S/C14H22N2O4/c1-6-18-12(17)11-9-15-13(16-10(11)4)14(5,19-7-2)20-8-3/h9H,6-8H2,1-5H3. The van der Waals surface area contributed by atoms with E-state index in [-0.39, 0.29) is 0 Å². The van der Waals surface area contributed by atoms with Gasteiger partial charge in [-0.2, -0.15) is 0 Å². The van der Waals surface area contributed by atoms with Crippen LogP contribution in [0.2, 0.25) is 0 Å². The first-order chi connectivity index (χ1) is 9.48. The van der Waals surface area contributed by atoms with E-state index >= 15 is 0 Å². The minimum absolute atomic E-state index is 0.315.